The van der Waals surface area contributed by atoms with Crippen LogP contribution in [-0.4, -0.2) is 27.0 Å². The molecule has 0 atom stereocenters. The van der Waals surface area contributed by atoms with Crippen LogP contribution in [0.3, 0.4) is 0 Å². The fourth-order valence-electron chi connectivity index (χ4n) is 2.60. The Hall–Kier alpha value is -2.21. The molecule has 1 aromatic carbocycles. The van der Waals surface area contributed by atoms with Gasteiger partial charge in [-0.15, -0.1) is 0 Å². The summed E-state index contributed by atoms with van der Waals surface area (Å²) in [5.41, 5.74) is 2.41. The Kier molecular flexibility index (Phi) is 5.18. The molecule has 0 aliphatic carbocycles. The van der Waals surface area contributed by atoms with E-state index in [1.807, 2.05) is 12.1 Å². The number of thioether (sulfide) groups is 1. The number of unbranched alkanes of at least 4 members (excludes halogenated alkanes) is 1. The maximum atomic E-state index is 12.4. The molecule has 5 nitrogen and oxygen atoms in total. The van der Waals surface area contributed by atoms with Crippen LogP contribution in [0.1, 0.15) is 57.1 Å². The Morgan fingerprint density at radius 2 is 2.00 bits per heavy atom. The lowest BCUT2D eigenvalue weighted by atomic mass is 10.0. The summed E-state index contributed by atoms with van der Waals surface area (Å²) < 4.78 is 0. The molecule has 0 fully saturated rings. The summed E-state index contributed by atoms with van der Waals surface area (Å²) in [4.78, 5) is 16.5. The molecule has 0 saturated carbocycles. The second-order valence-electron chi connectivity index (χ2n) is 6.44. The van der Waals surface area contributed by atoms with Gasteiger partial charge < -0.3 is 0 Å². The molecule has 130 valence electrons. The minimum absolute atomic E-state index is 0.0990. The molecule has 0 spiro atoms. The predicted octanol–water partition coefficient (Wildman–Crippen LogP) is 4.62. The molecule has 2 aliphatic heterocycles. The van der Waals surface area contributed by atoms with Gasteiger partial charge in [0.15, 0.2) is 5.84 Å². The van der Waals surface area contributed by atoms with Crippen LogP contribution in [0.5, 0.6) is 0 Å². The van der Waals surface area contributed by atoms with Crippen molar-refractivity contribution in [3.8, 4) is 0 Å². The van der Waals surface area contributed by atoms with Gasteiger partial charge in [-0.1, -0.05) is 51.5 Å². The molecule has 1 amide bonds. The van der Waals surface area contributed by atoms with Crippen molar-refractivity contribution in [3.63, 3.8) is 0 Å². The summed E-state index contributed by atoms with van der Waals surface area (Å²) in [5.74, 6) is 0.187. The van der Waals surface area contributed by atoms with Crippen LogP contribution in [0.15, 0.2) is 39.9 Å². The van der Waals surface area contributed by atoms with Crippen LogP contribution >= 0.6 is 11.8 Å². The van der Waals surface area contributed by atoms with E-state index in [1.165, 1.54) is 22.3 Å². The van der Waals surface area contributed by atoms with Crippen LogP contribution in [0.4, 0.5) is 0 Å². The first-order valence-electron chi connectivity index (χ1n) is 8.58. The number of amidine groups is 2. The van der Waals surface area contributed by atoms with E-state index in [-0.39, 0.29) is 17.3 Å². The average Bonchev–Trinajstić information content (AvgIpc) is 3.00. The Balaban J connectivity index is 1.85. The van der Waals surface area contributed by atoms with Crippen LogP contribution < -0.4 is 0 Å². The minimum Gasteiger partial charge on any atom is -0.282 e. The molecule has 3 rings (SSSR count). The molecule has 2 heterocycles. The quantitative estimate of drug-likeness (QED) is 0.785. The van der Waals surface area contributed by atoms with Crippen molar-refractivity contribution in [3.05, 3.63) is 41.0 Å². The normalized spacial score (nSPS) is 18.7. The van der Waals surface area contributed by atoms with Crippen LogP contribution in [-0.2, 0) is 4.79 Å². The molecular formula is C19H22N4OS. The van der Waals surface area contributed by atoms with Crippen molar-refractivity contribution < 1.29 is 4.79 Å². The number of carbonyl (C=O) groups is 1. The summed E-state index contributed by atoms with van der Waals surface area (Å²) in [6.45, 7) is 6.41. The molecular weight excluding hydrogens is 332 g/mol. The molecule has 2 aliphatic rings. The number of hydrogen-bond acceptors (Lipinski definition) is 4. The predicted molar refractivity (Wildman–Crippen MR) is 105 cm³/mol. The molecule has 25 heavy (non-hydrogen) atoms. The van der Waals surface area contributed by atoms with E-state index < -0.39 is 0 Å². The van der Waals surface area contributed by atoms with Gasteiger partial charge in [-0.25, -0.2) is 0 Å². The van der Waals surface area contributed by atoms with Crippen LogP contribution in [0.2, 0.25) is 0 Å². The molecule has 1 N–H and O–H groups in total. The zero-order valence-electron chi connectivity index (χ0n) is 14.7. The van der Waals surface area contributed by atoms with Crippen molar-refractivity contribution in [2.24, 2.45) is 10.1 Å². The number of hydrazone groups is 1. The van der Waals surface area contributed by atoms with Crippen molar-refractivity contribution >= 4 is 39.8 Å². The van der Waals surface area contributed by atoms with Gasteiger partial charge in [0.1, 0.15) is 5.04 Å². The van der Waals surface area contributed by atoms with Crippen molar-refractivity contribution in [1.29, 1.82) is 5.41 Å². The van der Waals surface area contributed by atoms with Crippen LogP contribution in [0.25, 0.3) is 6.08 Å². The van der Waals surface area contributed by atoms with E-state index in [4.69, 9.17) is 5.41 Å². The smallest absolute Gasteiger partial charge is 0.282 e. The highest BCUT2D eigenvalue weighted by Gasteiger charge is 2.35. The standard InChI is InChI=1S/C19H22N4OS/c1-4-5-6-16-22-23-17(20)15(18(24)21-19(23)25-16)11-13-7-9-14(10-8-13)12(2)3/h7-12,20H,4-6H2,1-3H3. The third kappa shape index (κ3) is 3.74. The molecule has 0 saturated heterocycles. The fourth-order valence-corrected chi connectivity index (χ4v) is 3.53. The number of carbonyl (C=O) groups excluding carboxylic acids is 1. The molecule has 1 aromatic rings. The zero-order valence-corrected chi connectivity index (χ0v) is 15.6. The van der Waals surface area contributed by atoms with E-state index in [2.05, 4.69) is 43.0 Å². The number of fused-ring (bicyclic) bond motifs is 1. The summed E-state index contributed by atoms with van der Waals surface area (Å²) in [6.07, 6.45) is 4.70. The van der Waals surface area contributed by atoms with E-state index in [0.717, 1.165) is 29.9 Å². The average molecular weight is 354 g/mol. The maximum Gasteiger partial charge on any atom is 0.283 e. The second-order valence-corrected chi connectivity index (χ2v) is 7.48. The first-order chi connectivity index (χ1) is 12.0. The van der Waals surface area contributed by atoms with Gasteiger partial charge in [0.2, 0.25) is 5.17 Å². The Morgan fingerprint density at radius 3 is 2.64 bits per heavy atom. The monoisotopic (exact) mass is 354 g/mol. The van der Waals surface area contributed by atoms with Gasteiger partial charge in [0, 0.05) is 0 Å². The van der Waals surface area contributed by atoms with Gasteiger partial charge in [-0.2, -0.15) is 15.1 Å². The fraction of sp³-hybridized carbons (Fsp3) is 0.368. The number of benzene rings is 1. The topological polar surface area (TPSA) is 68.9 Å². The van der Waals surface area contributed by atoms with Gasteiger partial charge in [-0.3, -0.25) is 10.2 Å². The number of rotatable bonds is 5. The van der Waals surface area contributed by atoms with E-state index in [1.54, 1.807) is 6.08 Å². The largest absolute Gasteiger partial charge is 0.283 e. The number of nitrogens with one attached hydrogen (secondary N) is 1. The Bertz CT molecular complexity index is 790. The number of amides is 1. The molecule has 6 heteroatoms. The second kappa shape index (κ2) is 7.35. The first kappa shape index (κ1) is 17.6. The SMILES string of the molecule is CCCCC1=NN2C(=N)C(=Cc3ccc(C(C)C)cc3)C(=O)N=C2S1. The zero-order chi connectivity index (χ0) is 18.0. The minimum atomic E-state index is -0.372. The van der Waals surface area contributed by atoms with Crippen molar-refractivity contribution in [2.75, 3.05) is 0 Å². The highest BCUT2D eigenvalue weighted by Crippen LogP contribution is 2.30. The summed E-state index contributed by atoms with van der Waals surface area (Å²) in [7, 11) is 0. The number of hydrogen-bond donors (Lipinski definition) is 1. The lowest BCUT2D eigenvalue weighted by molar-refractivity contribution is -0.114. The molecule has 0 radical (unpaired) electrons. The first-order valence-corrected chi connectivity index (χ1v) is 9.40. The maximum absolute atomic E-state index is 12.4. The number of nitrogens with zero attached hydrogens (tertiary/aromatic N) is 3. The van der Waals surface area contributed by atoms with Crippen molar-refractivity contribution in [2.45, 2.75) is 46.0 Å². The van der Waals surface area contributed by atoms with Gasteiger partial charge in [-0.05, 0) is 47.7 Å². The van der Waals surface area contributed by atoms with Crippen molar-refractivity contribution in [1.82, 2.24) is 5.01 Å². The van der Waals surface area contributed by atoms with Gasteiger partial charge >= 0.3 is 0 Å². The van der Waals surface area contributed by atoms with E-state index in [9.17, 15) is 4.79 Å². The summed E-state index contributed by atoms with van der Waals surface area (Å²) in [6, 6.07) is 8.04. The molecule has 0 unspecified atom stereocenters. The highest BCUT2D eigenvalue weighted by molar-refractivity contribution is 8.26. The van der Waals surface area contributed by atoms with Crippen LogP contribution in [0, 0.1) is 5.41 Å². The third-order valence-electron chi connectivity index (χ3n) is 4.15. The number of aliphatic imine (C=N–C) groups is 1. The van der Waals surface area contributed by atoms with E-state index in [0.29, 0.717) is 11.1 Å². The summed E-state index contributed by atoms with van der Waals surface area (Å²) >= 11 is 1.39. The van der Waals surface area contributed by atoms with E-state index >= 15 is 0 Å². The highest BCUT2D eigenvalue weighted by atomic mass is 32.2. The Labute approximate surface area is 152 Å². The lowest BCUT2D eigenvalue weighted by Crippen LogP contribution is -2.35. The summed E-state index contributed by atoms with van der Waals surface area (Å²) in [5, 5.41) is 15.7. The van der Waals surface area contributed by atoms with Gasteiger partial charge in [0.25, 0.3) is 5.91 Å². The molecule has 0 bridgehead atoms. The third-order valence-corrected chi connectivity index (χ3v) is 5.12. The Morgan fingerprint density at radius 1 is 1.28 bits per heavy atom. The lowest BCUT2D eigenvalue weighted by Gasteiger charge is -2.20. The molecule has 0 aromatic heterocycles. The van der Waals surface area contributed by atoms with Gasteiger partial charge in [0.05, 0.1) is 5.57 Å².